The molecule has 1 fully saturated rings. The molecule has 118 valence electrons. The smallest absolute Gasteiger partial charge is 0.161 e. The molecule has 0 saturated heterocycles. The van der Waals surface area contributed by atoms with Crippen molar-refractivity contribution < 1.29 is 24.2 Å². The Labute approximate surface area is 129 Å². The molecule has 0 aliphatic heterocycles. The van der Waals surface area contributed by atoms with Crippen LogP contribution in [-0.2, 0) is 9.59 Å². The van der Waals surface area contributed by atoms with Crippen LogP contribution in [0.3, 0.4) is 0 Å². The van der Waals surface area contributed by atoms with Gasteiger partial charge >= 0.3 is 0 Å². The largest absolute Gasteiger partial charge is 0.546 e. The first kappa shape index (κ1) is 16.1. The summed E-state index contributed by atoms with van der Waals surface area (Å²) in [6.07, 6.45) is 4.61. The van der Waals surface area contributed by atoms with Crippen LogP contribution in [0.25, 0.3) is 6.08 Å². The number of hydrogen-bond acceptors (Lipinski definition) is 5. The highest BCUT2D eigenvalue weighted by Crippen LogP contribution is 2.31. The number of carboxylic acids is 1. The molecule has 0 spiro atoms. The number of ketones is 1. The van der Waals surface area contributed by atoms with Gasteiger partial charge in [0.2, 0.25) is 0 Å². The van der Waals surface area contributed by atoms with Gasteiger partial charge in [0.1, 0.15) is 6.61 Å². The molecule has 0 unspecified atom stereocenters. The number of allylic oxidation sites excluding steroid dienone is 1. The Bertz CT molecular complexity index is 603. The zero-order valence-electron chi connectivity index (χ0n) is 12.8. The molecule has 1 aliphatic carbocycles. The SMILES string of the molecule is COc1cc(/C=C2\CCC[C@@H](C)C2=O)ccc1OCC(=O)[O-]. The molecule has 0 amide bonds. The highest BCUT2D eigenvalue weighted by Gasteiger charge is 2.22. The number of carbonyl (C=O) groups excluding carboxylic acids is 2. The molecule has 0 radical (unpaired) electrons. The number of carbonyl (C=O) groups is 2. The van der Waals surface area contributed by atoms with Crippen molar-refractivity contribution in [2.75, 3.05) is 13.7 Å². The number of methoxy groups -OCH3 is 1. The molecule has 1 saturated carbocycles. The van der Waals surface area contributed by atoms with E-state index in [0.717, 1.165) is 30.4 Å². The average molecular weight is 303 g/mol. The number of hydrogen-bond donors (Lipinski definition) is 0. The minimum absolute atomic E-state index is 0.0765. The molecule has 5 heteroatoms. The molecule has 0 aromatic heterocycles. The number of aliphatic carboxylic acids is 1. The minimum atomic E-state index is -1.30. The fourth-order valence-corrected chi connectivity index (χ4v) is 2.54. The van der Waals surface area contributed by atoms with Crippen molar-refractivity contribution in [3.8, 4) is 11.5 Å². The quantitative estimate of drug-likeness (QED) is 0.772. The fraction of sp³-hybridized carbons (Fsp3) is 0.412. The molecule has 0 N–H and O–H groups in total. The van der Waals surface area contributed by atoms with Crippen LogP contribution < -0.4 is 14.6 Å². The van der Waals surface area contributed by atoms with Gasteiger partial charge in [-0.2, -0.15) is 0 Å². The van der Waals surface area contributed by atoms with Crippen molar-refractivity contribution >= 4 is 17.8 Å². The monoisotopic (exact) mass is 303 g/mol. The Kier molecular flexibility index (Phi) is 5.20. The van der Waals surface area contributed by atoms with Crippen LogP contribution in [0.4, 0.5) is 0 Å². The van der Waals surface area contributed by atoms with E-state index in [9.17, 15) is 14.7 Å². The van der Waals surface area contributed by atoms with E-state index < -0.39 is 12.6 Å². The third kappa shape index (κ3) is 3.87. The van der Waals surface area contributed by atoms with E-state index in [1.807, 2.05) is 13.0 Å². The molecular formula is C17H19O5-. The summed E-state index contributed by atoms with van der Waals surface area (Å²) < 4.78 is 10.3. The van der Waals surface area contributed by atoms with E-state index in [0.29, 0.717) is 11.5 Å². The minimum Gasteiger partial charge on any atom is -0.546 e. The van der Waals surface area contributed by atoms with Crippen molar-refractivity contribution in [3.63, 3.8) is 0 Å². The van der Waals surface area contributed by atoms with E-state index >= 15 is 0 Å². The molecule has 5 nitrogen and oxygen atoms in total. The molecule has 1 atom stereocenters. The second-order valence-electron chi connectivity index (χ2n) is 5.40. The van der Waals surface area contributed by atoms with Crippen molar-refractivity contribution in [2.24, 2.45) is 5.92 Å². The molecule has 1 aromatic carbocycles. The highest BCUT2D eigenvalue weighted by molar-refractivity contribution is 6.01. The fourth-order valence-electron chi connectivity index (χ4n) is 2.54. The Morgan fingerprint density at radius 1 is 1.41 bits per heavy atom. The summed E-state index contributed by atoms with van der Waals surface area (Å²) in [6, 6.07) is 5.13. The Morgan fingerprint density at radius 3 is 2.86 bits per heavy atom. The number of benzene rings is 1. The predicted octanol–water partition coefficient (Wildman–Crippen LogP) is 1.60. The van der Waals surface area contributed by atoms with Crippen LogP contribution in [0.1, 0.15) is 31.7 Å². The summed E-state index contributed by atoms with van der Waals surface area (Å²) in [7, 11) is 1.48. The lowest BCUT2D eigenvalue weighted by Gasteiger charge is -2.19. The van der Waals surface area contributed by atoms with Crippen LogP contribution in [-0.4, -0.2) is 25.5 Å². The van der Waals surface area contributed by atoms with Crippen molar-refractivity contribution in [1.82, 2.24) is 0 Å². The van der Waals surface area contributed by atoms with E-state index in [1.54, 1.807) is 18.2 Å². The summed E-state index contributed by atoms with van der Waals surface area (Å²) in [4.78, 5) is 22.6. The van der Waals surface area contributed by atoms with Gasteiger partial charge in [-0.15, -0.1) is 0 Å². The summed E-state index contributed by atoms with van der Waals surface area (Å²) in [5.74, 6) is -0.269. The molecule has 2 rings (SSSR count). The van der Waals surface area contributed by atoms with E-state index in [1.165, 1.54) is 7.11 Å². The van der Waals surface area contributed by atoms with Crippen molar-refractivity contribution in [3.05, 3.63) is 29.3 Å². The topological polar surface area (TPSA) is 75.7 Å². The lowest BCUT2D eigenvalue weighted by molar-refractivity contribution is -0.307. The summed E-state index contributed by atoms with van der Waals surface area (Å²) in [5.41, 5.74) is 1.65. The Morgan fingerprint density at radius 2 is 2.18 bits per heavy atom. The van der Waals surface area contributed by atoms with Crippen molar-refractivity contribution in [1.29, 1.82) is 0 Å². The van der Waals surface area contributed by atoms with Crippen molar-refractivity contribution in [2.45, 2.75) is 26.2 Å². The molecule has 0 bridgehead atoms. The third-order valence-electron chi connectivity index (χ3n) is 3.72. The van der Waals surface area contributed by atoms with Gasteiger partial charge in [-0.3, -0.25) is 4.79 Å². The zero-order chi connectivity index (χ0) is 16.1. The summed E-state index contributed by atoms with van der Waals surface area (Å²) in [5, 5.41) is 10.4. The van der Waals surface area contributed by atoms with Gasteiger partial charge in [-0.05, 0) is 48.6 Å². The van der Waals surface area contributed by atoms with Gasteiger partial charge in [0.25, 0.3) is 0 Å². The van der Waals surface area contributed by atoms with Gasteiger partial charge in [0.15, 0.2) is 17.3 Å². The molecule has 1 aromatic rings. The maximum atomic E-state index is 12.1. The zero-order valence-corrected chi connectivity index (χ0v) is 12.8. The average Bonchev–Trinajstić information content (AvgIpc) is 2.50. The van der Waals surface area contributed by atoms with E-state index in [2.05, 4.69) is 0 Å². The van der Waals surface area contributed by atoms with Crippen LogP contribution in [0, 0.1) is 5.92 Å². The number of carboxylic acid groups (broad SMARTS) is 1. The second kappa shape index (κ2) is 7.11. The van der Waals surface area contributed by atoms with Gasteiger partial charge in [0.05, 0.1) is 13.1 Å². The lowest BCUT2D eigenvalue weighted by Crippen LogP contribution is -2.29. The second-order valence-corrected chi connectivity index (χ2v) is 5.40. The maximum absolute atomic E-state index is 12.1. The normalized spacial score (nSPS) is 20.0. The van der Waals surface area contributed by atoms with E-state index in [4.69, 9.17) is 9.47 Å². The third-order valence-corrected chi connectivity index (χ3v) is 3.72. The summed E-state index contributed by atoms with van der Waals surface area (Å²) in [6.45, 7) is 1.42. The van der Waals surface area contributed by atoms with Crippen LogP contribution in [0.2, 0.25) is 0 Å². The predicted molar refractivity (Wildman–Crippen MR) is 79.5 cm³/mol. The first-order chi connectivity index (χ1) is 10.5. The maximum Gasteiger partial charge on any atom is 0.161 e. The van der Waals surface area contributed by atoms with Gasteiger partial charge in [0, 0.05) is 5.92 Å². The first-order valence-corrected chi connectivity index (χ1v) is 7.26. The molecule has 1 aliphatic rings. The number of Topliss-reactive ketones (excluding diaryl/α,β-unsaturated/α-hetero) is 1. The van der Waals surface area contributed by atoms with Gasteiger partial charge < -0.3 is 19.4 Å². The van der Waals surface area contributed by atoms with Gasteiger partial charge in [-0.1, -0.05) is 13.0 Å². The molecular weight excluding hydrogens is 284 g/mol. The molecule has 22 heavy (non-hydrogen) atoms. The summed E-state index contributed by atoms with van der Waals surface area (Å²) >= 11 is 0. The van der Waals surface area contributed by atoms with Gasteiger partial charge in [-0.25, -0.2) is 0 Å². The Balaban J connectivity index is 2.22. The first-order valence-electron chi connectivity index (χ1n) is 7.26. The van der Waals surface area contributed by atoms with E-state index in [-0.39, 0.29) is 11.7 Å². The standard InChI is InChI=1S/C17H20O5/c1-11-4-3-5-13(17(11)20)8-12-6-7-14(15(9-12)21-2)22-10-16(18)19/h6-9,11H,3-5,10H2,1-2H3,(H,18,19)/p-1/b13-8+/t11-/m1/s1. The highest BCUT2D eigenvalue weighted by atomic mass is 16.5. The lowest BCUT2D eigenvalue weighted by atomic mass is 9.84. The number of ether oxygens (including phenoxy) is 2. The van der Waals surface area contributed by atoms with Crippen LogP contribution in [0.5, 0.6) is 11.5 Å². The number of rotatable bonds is 5. The van der Waals surface area contributed by atoms with Crippen LogP contribution in [0.15, 0.2) is 23.8 Å². The van der Waals surface area contributed by atoms with Crippen LogP contribution >= 0.6 is 0 Å². The Hall–Kier alpha value is -2.30. The molecule has 0 heterocycles.